The molecule has 0 radical (unpaired) electrons. The van der Waals surface area contributed by atoms with Crippen molar-refractivity contribution in [3.05, 3.63) is 46.5 Å². The first-order chi connectivity index (χ1) is 11.6. The number of hydrogen-bond acceptors (Lipinski definition) is 7. The number of hydrogen-bond donors (Lipinski definition) is 1. The molecule has 1 amide bonds. The molecule has 1 saturated heterocycles. The summed E-state index contributed by atoms with van der Waals surface area (Å²) in [6.45, 7) is 0.921. The Hall–Kier alpha value is -3.30. The van der Waals surface area contributed by atoms with E-state index >= 15 is 0 Å². The van der Waals surface area contributed by atoms with E-state index in [9.17, 15) is 9.59 Å². The number of aryl methyl sites for hydroxylation is 1. The van der Waals surface area contributed by atoms with E-state index in [1.54, 1.807) is 30.3 Å². The lowest BCUT2D eigenvalue weighted by Gasteiger charge is -2.36. The number of H-pyrrole nitrogens is 1. The quantitative estimate of drug-likeness (QED) is 0.706. The lowest BCUT2D eigenvalue weighted by atomic mass is 10.00. The topological polar surface area (TPSA) is 123 Å². The van der Waals surface area contributed by atoms with E-state index in [2.05, 4.69) is 25.4 Å². The van der Waals surface area contributed by atoms with Crippen molar-refractivity contribution in [2.75, 3.05) is 13.1 Å². The number of pyridine rings is 1. The molecule has 0 spiro atoms. The molecule has 10 nitrogen and oxygen atoms in total. The van der Waals surface area contributed by atoms with Gasteiger partial charge in [-0.3, -0.25) is 14.3 Å². The molecule has 24 heavy (non-hydrogen) atoms. The number of carbonyl (C=O) groups is 1. The number of rotatable bonds is 3. The van der Waals surface area contributed by atoms with E-state index in [0.29, 0.717) is 30.2 Å². The van der Waals surface area contributed by atoms with Gasteiger partial charge in [0.2, 0.25) is 11.7 Å². The highest BCUT2D eigenvalue weighted by Crippen LogP contribution is 2.27. The SMILES string of the molecule is Cn1cc(C(=O)N2CC(c3nc(-c4ccc[nH]c4=O)no3)C2)nn1. The van der Waals surface area contributed by atoms with Crippen LogP contribution in [0.15, 0.2) is 33.8 Å². The Morgan fingerprint density at radius 3 is 2.96 bits per heavy atom. The molecule has 1 aliphatic rings. The zero-order valence-electron chi connectivity index (χ0n) is 12.7. The van der Waals surface area contributed by atoms with Crippen molar-refractivity contribution < 1.29 is 9.32 Å². The van der Waals surface area contributed by atoms with Gasteiger partial charge in [-0.05, 0) is 12.1 Å². The molecule has 1 N–H and O–H groups in total. The van der Waals surface area contributed by atoms with Gasteiger partial charge in [-0.2, -0.15) is 4.98 Å². The molecule has 3 aromatic heterocycles. The number of amides is 1. The molecule has 4 rings (SSSR count). The molecular formula is C14H13N7O3. The fourth-order valence-corrected chi connectivity index (χ4v) is 2.52. The number of carbonyl (C=O) groups excluding carboxylic acids is 1. The molecular weight excluding hydrogens is 314 g/mol. The van der Waals surface area contributed by atoms with Crippen LogP contribution in [0.25, 0.3) is 11.4 Å². The highest BCUT2D eigenvalue weighted by Gasteiger charge is 2.37. The van der Waals surface area contributed by atoms with Crippen molar-refractivity contribution in [2.24, 2.45) is 7.05 Å². The number of nitrogens with zero attached hydrogens (tertiary/aromatic N) is 6. The second kappa shape index (κ2) is 5.41. The Kier molecular flexibility index (Phi) is 3.22. The van der Waals surface area contributed by atoms with Crippen LogP contribution in [0.5, 0.6) is 0 Å². The second-order valence-electron chi connectivity index (χ2n) is 5.55. The van der Waals surface area contributed by atoms with Crippen LogP contribution in [0.3, 0.4) is 0 Å². The number of nitrogens with one attached hydrogen (secondary N) is 1. The highest BCUT2D eigenvalue weighted by molar-refractivity contribution is 5.92. The summed E-state index contributed by atoms with van der Waals surface area (Å²) in [6, 6.07) is 3.32. The standard InChI is InChI=1S/C14H13N7O3/c1-20-7-10(17-19-20)14(23)21-5-8(6-21)13-16-11(18-24-13)9-3-2-4-15-12(9)22/h2-4,7-8H,5-6H2,1H3,(H,15,22). The molecule has 0 unspecified atom stereocenters. The van der Waals surface area contributed by atoms with Gasteiger partial charge in [0.25, 0.3) is 11.5 Å². The predicted molar refractivity (Wildman–Crippen MR) is 80.0 cm³/mol. The fraction of sp³-hybridized carbons (Fsp3) is 0.286. The Balaban J connectivity index is 1.45. The minimum absolute atomic E-state index is 0.0466. The van der Waals surface area contributed by atoms with Gasteiger partial charge < -0.3 is 14.4 Å². The van der Waals surface area contributed by atoms with Crippen LogP contribution in [-0.4, -0.2) is 54.0 Å². The van der Waals surface area contributed by atoms with Gasteiger partial charge in [0, 0.05) is 26.3 Å². The Labute approximate surface area is 135 Å². The molecule has 3 aromatic rings. The summed E-state index contributed by atoms with van der Waals surface area (Å²) in [4.78, 5) is 32.4. The van der Waals surface area contributed by atoms with Crippen LogP contribution in [0, 0.1) is 0 Å². The Morgan fingerprint density at radius 2 is 2.25 bits per heavy atom. The molecule has 1 fully saturated rings. The maximum atomic E-state index is 12.2. The van der Waals surface area contributed by atoms with E-state index < -0.39 is 0 Å². The molecule has 10 heteroatoms. The average molecular weight is 327 g/mol. The van der Waals surface area contributed by atoms with Crippen LogP contribution in [0.1, 0.15) is 22.3 Å². The first-order valence-corrected chi connectivity index (χ1v) is 7.29. The molecule has 0 atom stereocenters. The first-order valence-electron chi connectivity index (χ1n) is 7.29. The van der Waals surface area contributed by atoms with Gasteiger partial charge in [0.05, 0.1) is 17.7 Å². The fourth-order valence-electron chi connectivity index (χ4n) is 2.52. The van der Waals surface area contributed by atoms with Gasteiger partial charge in [0.1, 0.15) is 0 Å². The second-order valence-corrected chi connectivity index (χ2v) is 5.55. The molecule has 0 saturated carbocycles. The summed E-state index contributed by atoms with van der Waals surface area (Å²) >= 11 is 0. The van der Waals surface area contributed by atoms with Crippen molar-refractivity contribution in [3.63, 3.8) is 0 Å². The lowest BCUT2D eigenvalue weighted by Crippen LogP contribution is -2.48. The number of likely N-dealkylation sites (tertiary alicyclic amines) is 1. The minimum Gasteiger partial charge on any atom is -0.339 e. The Morgan fingerprint density at radius 1 is 1.42 bits per heavy atom. The van der Waals surface area contributed by atoms with E-state index in [1.165, 1.54) is 10.9 Å². The van der Waals surface area contributed by atoms with Gasteiger partial charge >= 0.3 is 0 Å². The van der Waals surface area contributed by atoms with Crippen LogP contribution < -0.4 is 5.56 Å². The number of aromatic nitrogens is 6. The Bertz CT molecular complexity index is 951. The van der Waals surface area contributed by atoms with Crippen molar-refractivity contribution in [2.45, 2.75) is 5.92 Å². The van der Waals surface area contributed by atoms with E-state index in [0.717, 1.165) is 0 Å². The lowest BCUT2D eigenvalue weighted by molar-refractivity contribution is 0.0563. The normalized spacial score (nSPS) is 14.6. The zero-order chi connectivity index (χ0) is 16.7. The maximum absolute atomic E-state index is 12.2. The zero-order valence-corrected chi connectivity index (χ0v) is 12.7. The molecule has 4 heterocycles. The van der Waals surface area contributed by atoms with Crippen molar-refractivity contribution >= 4 is 5.91 Å². The molecule has 0 bridgehead atoms. The van der Waals surface area contributed by atoms with Gasteiger partial charge in [0.15, 0.2) is 5.69 Å². The van der Waals surface area contributed by atoms with Crippen LogP contribution >= 0.6 is 0 Å². The van der Waals surface area contributed by atoms with Crippen molar-refractivity contribution in [1.82, 2.24) is 35.0 Å². The van der Waals surface area contributed by atoms with E-state index in [-0.39, 0.29) is 23.2 Å². The van der Waals surface area contributed by atoms with Crippen LogP contribution in [0.4, 0.5) is 0 Å². The predicted octanol–water partition coefficient (Wildman–Crippen LogP) is -0.207. The monoisotopic (exact) mass is 327 g/mol. The largest absolute Gasteiger partial charge is 0.339 e. The maximum Gasteiger partial charge on any atom is 0.276 e. The summed E-state index contributed by atoms with van der Waals surface area (Å²) in [7, 11) is 1.70. The van der Waals surface area contributed by atoms with Gasteiger partial charge in [-0.25, -0.2) is 0 Å². The van der Waals surface area contributed by atoms with E-state index in [4.69, 9.17) is 4.52 Å². The first kappa shape index (κ1) is 14.3. The third-order valence-electron chi connectivity index (χ3n) is 3.84. The van der Waals surface area contributed by atoms with Crippen molar-refractivity contribution in [1.29, 1.82) is 0 Å². The minimum atomic E-state index is -0.280. The van der Waals surface area contributed by atoms with Gasteiger partial charge in [-0.15, -0.1) is 5.10 Å². The summed E-state index contributed by atoms with van der Waals surface area (Å²) in [5, 5.41) is 11.4. The highest BCUT2D eigenvalue weighted by atomic mass is 16.5. The smallest absolute Gasteiger partial charge is 0.276 e. The van der Waals surface area contributed by atoms with E-state index in [1.807, 2.05) is 0 Å². The summed E-state index contributed by atoms with van der Waals surface area (Å²) < 4.78 is 6.71. The molecule has 0 aromatic carbocycles. The third-order valence-corrected chi connectivity index (χ3v) is 3.84. The number of aromatic amines is 1. The summed E-state index contributed by atoms with van der Waals surface area (Å²) in [5.74, 6) is 0.426. The van der Waals surface area contributed by atoms with Crippen LogP contribution in [-0.2, 0) is 7.05 Å². The summed E-state index contributed by atoms with van der Waals surface area (Å²) in [5.41, 5.74) is 0.371. The van der Waals surface area contributed by atoms with Crippen LogP contribution in [0.2, 0.25) is 0 Å². The molecule has 0 aliphatic carbocycles. The molecule has 1 aliphatic heterocycles. The summed E-state index contributed by atoms with van der Waals surface area (Å²) in [6.07, 6.45) is 3.11. The molecule has 122 valence electrons. The van der Waals surface area contributed by atoms with Gasteiger partial charge in [-0.1, -0.05) is 10.4 Å². The average Bonchev–Trinajstić information content (AvgIpc) is 3.15. The van der Waals surface area contributed by atoms with Crippen molar-refractivity contribution in [3.8, 4) is 11.4 Å². The third kappa shape index (κ3) is 2.37.